The summed E-state index contributed by atoms with van der Waals surface area (Å²) in [5.74, 6) is -0.979. The van der Waals surface area contributed by atoms with Gasteiger partial charge in [-0.2, -0.15) is 0 Å². The molecule has 0 aromatic rings. The molecule has 1 saturated carbocycles. The predicted molar refractivity (Wildman–Crippen MR) is 46.1 cm³/mol. The maximum Gasteiger partial charge on any atom is 0.332 e. The highest BCUT2D eigenvalue weighted by Gasteiger charge is 2.68. The molecular formula is C10H12O3. The van der Waals surface area contributed by atoms with Crippen molar-refractivity contribution in [3.05, 3.63) is 11.1 Å². The Labute approximate surface area is 76.4 Å². The van der Waals surface area contributed by atoms with Crippen molar-refractivity contribution in [2.24, 2.45) is 17.3 Å². The molecule has 3 nitrogen and oxygen atoms in total. The summed E-state index contributed by atoms with van der Waals surface area (Å²) in [6.45, 7) is 5.53. The van der Waals surface area contributed by atoms with Crippen LogP contribution in [0.5, 0.6) is 0 Å². The Balaban J connectivity index is 2.47. The minimum atomic E-state index is -0.927. The normalized spacial score (nSPS) is 34.8. The highest BCUT2D eigenvalue weighted by atomic mass is 16.4. The summed E-state index contributed by atoms with van der Waals surface area (Å²) in [6.07, 6.45) is 0. The summed E-state index contributed by atoms with van der Waals surface area (Å²) in [6, 6.07) is 0. The largest absolute Gasteiger partial charge is 0.478 e. The van der Waals surface area contributed by atoms with Crippen LogP contribution in [0.4, 0.5) is 0 Å². The van der Waals surface area contributed by atoms with Crippen molar-refractivity contribution < 1.29 is 14.7 Å². The third-order valence-electron chi connectivity index (χ3n) is 3.42. The van der Waals surface area contributed by atoms with Crippen LogP contribution >= 0.6 is 0 Å². The number of carbonyl (C=O) groups is 2. The average Bonchev–Trinajstić information content (AvgIpc) is 2.37. The smallest absolute Gasteiger partial charge is 0.332 e. The number of carboxylic acid groups (broad SMARTS) is 1. The quantitative estimate of drug-likeness (QED) is 0.660. The van der Waals surface area contributed by atoms with E-state index in [4.69, 9.17) is 5.11 Å². The van der Waals surface area contributed by atoms with Gasteiger partial charge in [0.25, 0.3) is 0 Å². The van der Waals surface area contributed by atoms with Crippen LogP contribution in [0.2, 0.25) is 0 Å². The van der Waals surface area contributed by atoms with E-state index in [0.717, 1.165) is 0 Å². The molecule has 0 aromatic carbocycles. The molecule has 2 atom stereocenters. The summed E-state index contributed by atoms with van der Waals surface area (Å²) >= 11 is 0. The second-order valence-electron chi connectivity index (χ2n) is 4.48. The Bertz CT molecular complexity index is 349. The second kappa shape index (κ2) is 2.03. The zero-order valence-corrected chi connectivity index (χ0v) is 7.92. The molecule has 70 valence electrons. The van der Waals surface area contributed by atoms with Crippen molar-refractivity contribution >= 4 is 11.8 Å². The van der Waals surface area contributed by atoms with Crippen molar-refractivity contribution in [1.82, 2.24) is 0 Å². The van der Waals surface area contributed by atoms with Gasteiger partial charge >= 0.3 is 5.97 Å². The topological polar surface area (TPSA) is 54.4 Å². The molecular weight excluding hydrogens is 168 g/mol. The first kappa shape index (κ1) is 8.48. The van der Waals surface area contributed by atoms with Crippen molar-refractivity contribution in [3.8, 4) is 0 Å². The fourth-order valence-corrected chi connectivity index (χ4v) is 2.56. The molecule has 0 radical (unpaired) electrons. The maximum atomic E-state index is 11.6. The summed E-state index contributed by atoms with van der Waals surface area (Å²) in [5.41, 5.74) is 0.687. The summed E-state index contributed by atoms with van der Waals surface area (Å²) in [7, 11) is 0. The number of rotatable bonds is 1. The van der Waals surface area contributed by atoms with Crippen LogP contribution in [0.15, 0.2) is 11.1 Å². The molecule has 0 bridgehead atoms. The lowest BCUT2D eigenvalue weighted by atomic mass is 9.95. The Hall–Kier alpha value is -1.12. The predicted octanol–water partition coefficient (Wildman–Crippen LogP) is 1.24. The molecule has 0 aromatic heterocycles. The third kappa shape index (κ3) is 0.794. The summed E-state index contributed by atoms with van der Waals surface area (Å²) < 4.78 is 0. The van der Waals surface area contributed by atoms with E-state index in [9.17, 15) is 9.59 Å². The molecule has 2 aliphatic rings. The Morgan fingerprint density at radius 3 is 2.23 bits per heavy atom. The first-order valence-corrected chi connectivity index (χ1v) is 4.37. The van der Waals surface area contributed by atoms with E-state index in [1.54, 1.807) is 6.92 Å². The van der Waals surface area contributed by atoms with Gasteiger partial charge in [0.2, 0.25) is 0 Å². The number of hydrogen-bond donors (Lipinski definition) is 1. The van der Waals surface area contributed by atoms with Crippen LogP contribution in [0.25, 0.3) is 0 Å². The lowest BCUT2D eigenvalue weighted by molar-refractivity contribution is -0.133. The molecule has 2 aliphatic carbocycles. The maximum absolute atomic E-state index is 11.6. The SMILES string of the molecule is CC1=C(C(=O)O)C2C(C1=O)C2(C)C. The van der Waals surface area contributed by atoms with E-state index in [0.29, 0.717) is 11.1 Å². The minimum Gasteiger partial charge on any atom is -0.478 e. The number of hydrogen-bond acceptors (Lipinski definition) is 2. The third-order valence-corrected chi connectivity index (χ3v) is 3.42. The monoisotopic (exact) mass is 180 g/mol. The first-order chi connectivity index (χ1) is 5.89. The molecule has 13 heavy (non-hydrogen) atoms. The van der Waals surface area contributed by atoms with Gasteiger partial charge in [0, 0.05) is 23.0 Å². The van der Waals surface area contributed by atoms with E-state index < -0.39 is 5.97 Å². The molecule has 1 fully saturated rings. The van der Waals surface area contributed by atoms with Gasteiger partial charge in [-0.3, -0.25) is 4.79 Å². The molecule has 0 heterocycles. The van der Waals surface area contributed by atoms with Crippen LogP contribution in [0.1, 0.15) is 20.8 Å². The fraction of sp³-hybridized carbons (Fsp3) is 0.600. The second-order valence-corrected chi connectivity index (χ2v) is 4.48. The zero-order valence-electron chi connectivity index (χ0n) is 7.92. The lowest BCUT2D eigenvalue weighted by Crippen LogP contribution is -2.12. The molecule has 0 aliphatic heterocycles. The number of ketones is 1. The zero-order chi connectivity index (χ0) is 9.96. The van der Waals surface area contributed by atoms with E-state index in [1.807, 2.05) is 13.8 Å². The van der Waals surface area contributed by atoms with Crippen LogP contribution in [-0.2, 0) is 9.59 Å². The van der Waals surface area contributed by atoms with Crippen LogP contribution in [0.3, 0.4) is 0 Å². The van der Waals surface area contributed by atoms with Gasteiger partial charge < -0.3 is 5.11 Å². The Morgan fingerprint density at radius 2 is 1.92 bits per heavy atom. The lowest BCUT2D eigenvalue weighted by Gasteiger charge is -2.08. The van der Waals surface area contributed by atoms with Crippen molar-refractivity contribution in [3.63, 3.8) is 0 Å². The highest BCUT2D eigenvalue weighted by Crippen LogP contribution is 2.66. The number of aliphatic carboxylic acids is 1. The molecule has 2 unspecified atom stereocenters. The van der Waals surface area contributed by atoms with Gasteiger partial charge in [-0.05, 0) is 12.3 Å². The van der Waals surface area contributed by atoms with E-state index in [1.165, 1.54) is 0 Å². The average molecular weight is 180 g/mol. The number of allylic oxidation sites excluding steroid dienone is 1. The van der Waals surface area contributed by atoms with Crippen molar-refractivity contribution in [1.29, 1.82) is 0 Å². The molecule has 1 N–H and O–H groups in total. The molecule has 0 spiro atoms. The highest BCUT2D eigenvalue weighted by molar-refractivity contribution is 6.11. The number of carboxylic acids is 1. The van der Waals surface area contributed by atoms with Gasteiger partial charge in [-0.25, -0.2) is 4.79 Å². The standard InChI is InChI=1S/C10H12O3/c1-4-5(9(12)13)6-7(8(4)11)10(6,2)3/h6-7H,1-3H3,(H,12,13). The van der Waals surface area contributed by atoms with Crippen molar-refractivity contribution in [2.75, 3.05) is 0 Å². The van der Waals surface area contributed by atoms with E-state index in [-0.39, 0.29) is 23.0 Å². The molecule has 3 heteroatoms. The van der Waals surface area contributed by atoms with Crippen LogP contribution in [-0.4, -0.2) is 16.9 Å². The van der Waals surface area contributed by atoms with Crippen LogP contribution < -0.4 is 0 Å². The van der Waals surface area contributed by atoms with Crippen LogP contribution in [0, 0.1) is 17.3 Å². The minimum absolute atomic E-state index is 0.0301. The first-order valence-electron chi connectivity index (χ1n) is 4.37. The fourth-order valence-electron chi connectivity index (χ4n) is 2.56. The number of Topliss-reactive ketones (excluding diaryl/α,β-unsaturated/α-hetero) is 1. The van der Waals surface area contributed by atoms with E-state index in [2.05, 4.69) is 0 Å². The number of fused-ring (bicyclic) bond motifs is 1. The molecule has 2 rings (SSSR count). The van der Waals surface area contributed by atoms with Gasteiger partial charge in [-0.1, -0.05) is 13.8 Å². The van der Waals surface area contributed by atoms with Gasteiger partial charge in [0.1, 0.15) is 0 Å². The van der Waals surface area contributed by atoms with Gasteiger partial charge in [-0.15, -0.1) is 0 Å². The summed E-state index contributed by atoms with van der Waals surface area (Å²) in [4.78, 5) is 22.4. The Morgan fingerprint density at radius 1 is 1.38 bits per heavy atom. The number of carbonyl (C=O) groups excluding carboxylic acids is 1. The van der Waals surface area contributed by atoms with Gasteiger partial charge in [0.05, 0.1) is 0 Å². The molecule has 0 saturated heterocycles. The van der Waals surface area contributed by atoms with Gasteiger partial charge in [0.15, 0.2) is 5.78 Å². The summed E-state index contributed by atoms with van der Waals surface area (Å²) in [5, 5.41) is 8.92. The Kier molecular flexibility index (Phi) is 1.32. The van der Waals surface area contributed by atoms with E-state index >= 15 is 0 Å². The van der Waals surface area contributed by atoms with Crippen molar-refractivity contribution in [2.45, 2.75) is 20.8 Å². The molecule has 0 amide bonds.